The zero-order chi connectivity index (χ0) is 34.2. The number of hydrogen-bond donors (Lipinski definition) is 1. The largest absolute Gasteiger partial charge is 0.500 e. The Morgan fingerprint density at radius 1 is 0.277 bits per heavy atom. The van der Waals surface area contributed by atoms with Gasteiger partial charge in [0, 0.05) is 25.9 Å². The van der Waals surface area contributed by atoms with Gasteiger partial charge < -0.3 is 19.0 Å². The van der Waals surface area contributed by atoms with Crippen LogP contribution in [-0.4, -0.2) is 35.2 Å². The Morgan fingerprint density at radius 2 is 0.447 bits per heavy atom. The minimum Gasteiger partial charge on any atom is -0.374 e. The summed E-state index contributed by atoms with van der Waals surface area (Å²) >= 11 is 0. The molecule has 0 fully saturated rings. The third-order valence-electron chi connectivity index (χ3n) is 10.0. The molecule has 0 bridgehead atoms. The molecular formula is C42H89NO3Si. The fourth-order valence-electron chi connectivity index (χ4n) is 7.14. The summed E-state index contributed by atoms with van der Waals surface area (Å²) in [4.78, 5) is 0. The molecule has 4 nitrogen and oxygen atoms in total. The summed E-state index contributed by atoms with van der Waals surface area (Å²) in [6, 6.07) is 0.973. The van der Waals surface area contributed by atoms with Crippen molar-refractivity contribution in [2.75, 3.05) is 26.4 Å². The van der Waals surface area contributed by atoms with E-state index in [4.69, 9.17) is 19.0 Å². The molecule has 0 rings (SSSR count). The Balaban J connectivity index is 3.21. The number of rotatable bonds is 42. The molecule has 0 aliphatic rings. The molecule has 0 aliphatic heterocycles. The summed E-state index contributed by atoms with van der Waals surface area (Å²) in [5.74, 6) is 0. The van der Waals surface area contributed by atoms with Crippen molar-refractivity contribution in [1.29, 1.82) is 0 Å². The fourth-order valence-corrected chi connectivity index (χ4v) is 9.83. The molecular weight excluding hydrogens is 595 g/mol. The Hall–Kier alpha value is 0.0569. The molecule has 0 amide bonds. The minimum absolute atomic E-state index is 0.685. The second-order valence-electron chi connectivity index (χ2n) is 14.5. The molecule has 0 aromatic rings. The van der Waals surface area contributed by atoms with Gasteiger partial charge in [-0.2, -0.15) is 0 Å². The van der Waals surface area contributed by atoms with Crippen molar-refractivity contribution in [3.63, 3.8) is 0 Å². The van der Waals surface area contributed by atoms with E-state index in [1.54, 1.807) is 0 Å². The molecule has 0 heterocycles. The van der Waals surface area contributed by atoms with Gasteiger partial charge in [-0.1, -0.05) is 205 Å². The van der Waals surface area contributed by atoms with Crippen molar-refractivity contribution < 1.29 is 13.3 Å². The van der Waals surface area contributed by atoms with Crippen molar-refractivity contribution in [1.82, 2.24) is 0 Å². The monoisotopic (exact) mass is 684 g/mol. The lowest BCUT2D eigenvalue weighted by Crippen LogP contribution is -2.45. The maximum Gasteiger partial charge on any atom is 0.500 e. The molecule has 0 aromatic carbocycles. The van der Waals surface area contributed by atoms with E-state index in [9.17, 15) is 0 Å². The van der Waals surface area contributed by atoms with Crippen molar-refractivity contribution in [3.8, 4) is 0 Å². The van der Waals surface area contributed by atoms with E-state index in [1.807, 2.05) is 20.8 Å². The highest BCUT2D eigenvalue weighted by molar-refractivity contribution is 6.60. The van der Waals surface area contributed by atoms with Gasteiger partial charge in [-0.3, -0.25) is 0 Å². The molecule has 47 heavy (non-hydrogen) atoms. The predicted octanol–water partition coefficient (Wildman–Crippen LogP) is 14.3. The maximum absolute atomic E-state index is 5.98. The summed E-state index contributed by atoms with van der Waals surface area (Å²) in [6.45, 7) is 9.06. The van der Waals surface area contributed by atoms with Crippen molar-refractivity contribution in [2.24, 2.45) is 5.73 Å². The highest BCUT2D eigenvalue weighted by Crippen LogP contribution is 2.21. The van der Waals surface area contributed by atoms with E-state index in [0.717, 1.165) is 12.6 Å². The molecule has 0 atom stereocenters. The van der Waals surface area contributed by atoms with E-state index < -0.39 is 8.80 Å². The number of unbranched alkanes of at least 4 members (excludes halogenated alkanes) is 33. The second kappa shape index (κ2) is 40.5. The standard InChI is InChI=1S/C42H89NO3Si/c1-4-44-47(45-5-2,46-6-3)42-40-38-36-34-32-30-28-26-24-22-20-18-16-14-12-10-8-7-9-11-13-15-17-19-21-23-25-27-29-31-33-35-37-39-41-43/h4-43H2,1-3H3. The molecule has 0 saturated heterocycles. The number of hydrogen-bond acceptors (Lipinski definition) is 4. The van der Waals surface area contributed by atoms with E-state index in [-0.39, 0.29) is 0 Å². The predicted molar refractivity (Wildman–Crippen MR) is 211 cm³/mol. The third-order valence-corrected chi connectivity index (χ3v) is 13.2. The van der Waals surface area contributed by atoms with Gasteiger partial charge in [-0.25, -0.2) is 0 Å². The van der Waals surface area contributed by atoms with Gasteiger partial charge in [0.25, 0.3) is 0 Å². The maximum atomic E-state index is 5.98. The van der Waals surface area contributed by atoms with Crippen LogP contribution in [0.25, 0.3) is 0 Å². The molecule has 5 heteroatoms. The van der Waals surface area contributed by atoms with Crippen molar-refractivity contribution >= 4 is 8.80 Å². The van der Waals surface area contributed by atoms with Crippen LogP contribution in [0.2, 0.25) is 6.04 Å². The number of nitrogens with two attached hydrogens (primary N) is 1. The summed E-state index contributed by atoms with van der Waals surface area (Å²) in [5.41, 5.74) is 5.56. The average molecular weight is 684 g/mol. The van der Waals surface area contributed by atoms with Crippen LogP contribution in [0.4, 0.5) is 0 Å². The molecule has 0 aromatic heterocycles. The zero-order valence-electron chi connectivity index (χ0n) is 32.9. The van der Waals surface area contributed by atoms with Crippen LogP contribution in [0.1, 0.15) is 239 Å². The van der Waals surface area contributed by atoms with Crippen LogP contribution in [0.15, 0.2) is 0 Å². The quantitative estimate of drug-likeness (QED) is 0.0514. The first-order valence-electron chi connectivity index (χ1n) is 21.9. The third kappa shape index (κ3) is 35.7. The van der Waals surface area contributed by atoms with Crippen LogP contribution < -0.4 is 5.73 Å². The highest BCUT2D eigenvalue weighted by atomic mass is 28.4. The van der Waals surface area contributed by atoms with Gasteiger partial charge in [0.1, 0.15) is 0 Å². The van der Waals surface area contributed by atoms with E-state index in [0.29, 0.717) is 19.8 Å². The minimum atomic E-state index is -2.42. The van der Waals surface area contributed by atoms with Gasteiger partial charge in [0.15, 0.2) is 0 Å². The van der Waals surface area contributed by atoms with E-state index in [1.165, 1.54) is 218 Å². The molecule has 2 N–H and O–H groups in total. The first kappa shape index (κ1) is 47.1. The van der Waals surface area contributed by atoms with E-state index in [2.05, 4.69) is 0 Å². The lowest BCUT2D eigenvalue weighted by atomic mass is 10.0. The van der Waals surface area contributed by atoms with Gasteiger partial charge in [0.05, 0.1) is 0 Å². The van der Waals surface area contributed by atoms with Crippen LogP contribution in [0.5, 0.6) is 0 Å². The van der Waals surface area contributed by atoms with Gasteiger partial charge in [-0.05, 0) is 40.2 Å². The molecule has 0 saturated carbocycles. The summed E-state index contributed by atoms with van der Waals surface area (Å²) in [5, 5.41) is 0. The molecule has 284 valence electrons. The van der Waals surface area contributed by atoms with Gasteiger partial charge in [-0.15, -0.1) is 0 Å². The van der Waals surface area contributed by atoms with E-state index >= 15 is 0 Å². The van der Waals surface area contributed by atoms with Crippen molar-refractivity contribution in [3.05, 3.63) is 0 Å². The van der Waals surface area contributed by atoms with Crippen LogP contribution >= 0.6 is 0 Å². The Labute approximate surface area is 298 Å². The molecule has 0 aliphatic carbocycles. The Bertz CT molecular complexity index is 547. The SMILES string of the molecule is CCO[Si](CCCCCCCCCCCCCCCCCCCCCCCCCCCCCCCCCCCCN)(OCC)OCC. The average Bonchev–Trinajstić information content (AvgIpc) is 3.07. The Kier molecular flexibility index (Phi) is 40.5. The summed E-state index contributed by atoms with van der Waals surface area (Å²) in [6.07, 6.45) is 48.6. The molecule has 0 radical (unpaired) electrons. The zero-order valence-corrected chi connectivity index (χ0v) is 33.9. The lowest BCUT2D eigenvalue weighted by molar-refractivity contribution is 0.0706. The molecule has 0 unspecified atom stereocenters. The topological polar surface area (TPSA) is 53.7 Å². The van der Waals surface area contributed by atoms with Crippen molar-refractivity contribution in [2.45, 2.75) is 245 Å². The van der Waals surface area contributed by atoms with Crippen LogP contribution in [0.3, 0.4) is 0 Å². The lowest BCUT2D eigenvalue weighted by Gasteiger charge is -2.28. The summed E-state index contributed by atoms with van der Waals surface area (Å²) < 4.78 is 17.9. The first-order chi connectivity index (χ1) is 23.2. The summed E-state index contributed by atoms with van der Waals surface area (Å²) in [7, 11) is -2.42. The van der Waals surface area contributed by atoms with Gasteiger partial charge in [0.2, 0.25) is 0 Å². The molecule has 0 spiro atoms. The normalized spacial score (nSPS) is 12.0. The second-order valence-corrected chi connectivity index (χ2v) is 17.3. The van der Waals surface area contributed by atoms with Gasteiger partial charge >= 0.3 is 8.80 Å². The smallest absolute Gasteiger partial charge is 0.374 e. The first-order valence-corrected chi connectivity index (χ1v) is 23.8. The Morgan fingerprint density at radius 3 is 0.617 bits per heavy atom. The van der Waals surface area contributed by atoms with Crippen LogP contribution in [-0.2, 0) is 13.3 Å². The fraction of sp³-hybridized carbons (Fsp3) is 1.00. The highest BCUT2D eigenvalue weighted by Gasteiger charge is 2.39. The van der Waals surface area contributed by atoms with Crippen LogP contribution in [0, 0.1) is 0 Å².